The van der Waals surface area contributed by atoms with E-state index in [-0.39, 0.29) is 6.10 Å². The predicted molar refractivity (Wildman–Crippen MR) is 99.8 cm³/mol. The topological polar surface area (TPSA) is 74.1 Å². The van der Waals surface area contributed by atoms with Gasteiger partial charge in [-0.05, 0) is 30.7 Å². The van der Waals surface area contributed by atoms with Crippen LogP contribution in [0.5, 0.6) is 0 Å². The predicted octanol–water partition coefficient (Wildman–Crippen LogP) is 1.94. The van der Waals surface area contributed by atoms with Gasteiger partial charge in [-0.25, -0.2) is 4.68 Å². The quantitative estimate of drug-likeness (QED) is 0.734. The number of hydrogen-bond acceptors (Lipinski definition) is 5. The third-order valence-electron chi connectivity index (χ3n) is 4.91. The van der Waals surface area contributed by atoms with Crippen molar-refractivity contribution in [3.05, 3.63) is 60.6 Å². The van der Waals surface area contributed by atoms with Crippen molar-refractivity contribution in [2.75, 3.05) is 19.4 Å². The molecule has 26 heavy (non-hydrogen) atoms. The molecular weight excluding hydrogens is 328 g/mol. The fourth-order valence-corrected chi connectivity index (χ4v) is 3.57. The lowest BCUT2D eigenvalue weighted by Crippen LogP contribution is -2.33. The van der Waals surface area contributed by atoms with Crippen molar-refractivity contribution in [2.45, 2.75) is 31.7 Å². The average molecular weight is 352 g/mol. The minimum absolute atomic E-state index is 0.240. The van der Waals surface area contributed by atoms with E-state index in [4.69, 9.17) is 15.6 Å². The molecule has 3 aromatic rings. The van der Waals surface area contributed by atoms with Crippen LogP contribution >= 0.6 is 0 Å². The van der Waals surface area contributed by atoms with Crippen molar-refractivity contribution < 1.29 is 4.74 Å². The van der Waals surface area contributed by atoms with Gasteiger partial charge < -0.3 is 10.5 Å². The summed E-state index contributed by atoms with van der Waals surface area (Å²) in [5.41, 5.74) is 7.86. The van der Waals surface area contributed by atoms with Gasteiger partial charge in [0.1, 0.15) is 5.82 Å². The van der Waals surface area contributed by atoms with E-state index in [2.05, 4.69) is 28.2 Å². The molecule has 1 aliphatic rings. The van der Waals surface area contributed by atoms with Crippen LogP contribution < -0.4 is 5.73 Å². The van der Waals surface area contributed by atoms with Gasteiger partial charge >= 0.3 is 0 Å². The summed E-state index contributed by atoms with van der Waals surface area (Å²) in [6.07, 6.45) is 5.16. The van der Waals surface area contributed by atoms with Crippen LogP contribution in [0, 0.1) is 0 Å². The second-order valence-electron chi connectivity index (χ2n) is 6.73. The molecule has 0 bridgehead atoms. The number of rotatable bonds is 6. The van der Waals surface area contributed by atoms with Crippen molar-refractivity contribution in [1.82, 2.24) is 24.5 Å². The summed E-state index contributed by atoms with van der Waals surface area (Å²) in [5, 5.41) is 9.05. The van der Waals surface area contributed by atoms with Crippen LogP contribution in [0.15, 0.2) is 54.9 Å². The Labute approximate surface area is 153 Å². The normalized spacial score (nSPS) is 20.7. The maximum absolute atomic E-state index is 5.74. The number of anilines is 1. The first-order chi connectivity index (χ1) is 12.7. The Hall–Kier alpha value is -2.64. The molecule has 136 valence electrons. The molecule has 0 unspecified atom stereocenters. The van der Waals surface area contributed by atoms with Gasteiger partial charge in [-0.3, -0.25) is 9.58 Å². The molecule has 2 N–H and O–H groups in total. The smallest absolute Gasteiger partial charge is 0.145 e. The largest absolute Gasteiger partial charge is 0.382 e. The van der Waals surface area contributed by atoms with Gasteiger partial charge in [-0.15, -0.1) is 0 Å². The molecule has 0 radical (unpaired) electrons. The molecule has 2 aromatic heterocycles. The number of para-hydroxylation sites is 1. The summed E-state index contributed by atoms with van der Waals surface area (Å²) >= 11 is 0. The monoisotopic (exact) mass is 352 g/mol. The molecule has 7 nitrogen and oxygen atoms in total. The number of methoxy groups -OCH3 is 1. The molecule has 7 heteroatoms. The van der Waals surface area contributed by atoms with E-state index in [9.17, 15) is 0 Å². The SMILES string of the molecule is CO[C@H]1C[C@@H](Cn2ccc(N)n2)N(Cc2ccn(-c3ccccc3)n2)C1. The van der Waals surface area contributed by atoms with E-state index < -0.39 is 0 Å². The first-order valence-electron chi connectivity index (χ1n) is 8.87. The highest BCUT2D eigenvalue weighted by atomic mass is 16.5. The molecule has 0 aliphatic carbocycles. The number of benzene rings is 1. The fourth-order valence-electron chi connectivity index (χ4n) is 3.57. The Kier molecular flexibility index (Phi) is 4.73. The highest BCUT2D eigenvalue weighted by Crippen LogP contribution is 2.23. The van der Waals surface area contributed by atoms with Crippen molar-refractivity contribution in [3.63, 3.8) is 0 Å². The van der Waals surface area contributed by atoms with E-state index in [1.54, 1.807) is 7.11 Å². The van der Waals surface area contributed by atoms with Gasteiger partial charge in [0.15, 0.2) is 0 Å². The zero-order valence-corrected chi connectivity index (χ0v) is 14.9. The molecule has 2 atom stereocenters. The summed E-state index contributed by atoms with van der Waals surface area (Å²) < 4.78 is 9.43. The van der Waals surface area contributed by atoms with Crippen LogP contribution in [-0.2, 0) is 17.8 Å². The minimum atomic E-state index is 0.240. The standard InChI is InChI=1S/C19H24N6O/c1-26-18-11-17(13-24-9-8-19(20)22-24)23(14-18)12-15-7-10-25(21-15)16-5-3-2-4-6-16/h2-10,17-18H,11-14H2,1H3,(H2,20,22)/t17-,18-/m0/s1. The summed E-state index contributed by atoms with van der Waals surface area (Å²) in [6.45, 7) is 2.49. The molecule has 1 aliphatic heterocycles. The van der Waals surface area contributed by atoms with Gasteiger partial charge in [-0.2, -0.15) is 10.2 Å². The Bertz CT molecular complexity index is 843. The summed E-state index contributed by atoms with van der Waals surface area (Å²) in [4.78, 5) is 2.42. The molecule has 0 amide bonds. The number of hydrogen-bond donors (Lipinski definition) is 1. The Morgan fingerprint density at radius 1 is 1.12 bits per heavy atom. The molecular formula is C19H24N6O. The second-order valence-corrected chi connectivity index (χ2v) is 6.73. The summed E-state index contributed by atoms with van der Waals surface area (Å²) in [7, 11) is 1.78. The zero-order chi connectivity index (χ0) is 17.9. The summed E-state index contributed by atoms with van der Waals surface area (Å²) in [5.74, 6) is 0.555. The van der Waals surface area contributed by atoms with Crippen LogP contribution in [0.25, 0.3) is 5.69 Å². The van der Waals surface area contributed by atoms with E-state index >= 15 is 0 Å². The minimum Gasteiger partial charge on any atom is -0.382 e. The number of aromatic nitrogens is 4. The van der Waals surface area contributed by atoms with Crippen molar-refractivity contribution in [3.8, 4) is 5.69 Å². The molecule has 1 fully saturated rings. The van der Waals surface area contributed by atoms with Gasteiger partial charge in [-0.1, -0.05) is 18.2 Å². The number of ether oxygens (including phenoxy) is 1. The number of nitrogens with zero attached hydrogens (tertiary/aromatic N) is 5. The van der Waals surface area contributed by atoms with Crippen LogP contribution in [0.1, 0.15) is 12.1 Å². The van der Waals surface area contributed by atoms with E-state index in [0.717, 1.165) is 37.4 Å². The molecule has 4 rings (SSSR count). The van der Waals surface area contributed by atoms with Crippen molar-refractivity contribution >= 4 is 5.82 Å². The highest BCUT2D eigenvalue weighted by Gasteiger charge is 2.32. The first kappa shape index (κ1) is 16.8. The van der Waals surface area contributed by atoms with Gasteiger partial charge in [0.25, 0.3) is 0 Å². The third kappa shape index (κ3) is 3.63. The van der Waals surface area contributed by atoms with Crippen LogP contribution in [0.2, 0.25) is 0 Å². The second kappa shape index (κ2) is 7.31. The van der Waals surface area contributed by atoms with Gasteiger partial charge in [0.2, 0.25) is 0 Å². The van der Waals surface area contributed by atoms with Gasteiger partial charge in [0.05, 0.1) is 24.0 Å². The zero-order valence-electron chi connectivity index (χ0n) is 14.9. The maximum atomic E-state index is 5.74. The van der Waals surface area contributed by atoms with Crippen molar-refractivity contribution in [1.29, 1.82) is 0 Å². The van der Waals surface area contributed by atoms with Crippen LogP contribution in [0.3, 0.4) is 0 Å². The van der Waals surface area contributed by atoms with E-state index in [1.807, 2.05) is 46.0 Å². The van der Waals surface area contributed by atoms with Crippen molar-refractivity contribution in [2.24, 2.45) is 0 Å². The summed E-state index contributed by atoms with van der Waals surface area (Å²) in [6, 6.07) is 14.4. The van der Waals surface area contributed by atoms with Crippen LogP contribution in [-0.4, -0.2) is 50.3 Å². The van der Waals surface area contributed by atoms with Gasteiger partial charge in [0, 0.05) is 38.6 Å². The number of nitrogen functional groups attached to an aromatic ring is 1. The maximum Gasteiger partial charge on any atom is 0.145 e. The molecule has 1 aromatic carbocycles. The molecule has 1 saturated heterocycles. The van der Waals surface area contributed by atoms with Crippen LogP contribution in [0.4, 0.5) is 5.82 Å². The number of likely N-dealkylation sites (tertiary alicyclic amines) is 1. The Morgan fingerprint density at radius 2 is 1.96 bits per heavy atom. The van der Waals surface area contributed by atoms with E-state index in [0.29, 0.717) is 11.9 Å². The Morgan fingerprint density at radius 3 is 2.69 bits per heavy atom. The average Bonchev–Trinajstić information content (AvgIpc) is 3.38. The Balaban J connectivity index is 1.47. The molecule has 0 spiro atoms. The molecule has 3 heterocycles. The molecule has 0 saturated carbocycles. The lowest BCUT2D eigenvalue weighted by molar-refractivity contribution is 0.107. The third-order valence-corrected chi connectivity index (χ3v) is 4.91. The van der Waals surface area contributed by atoms with E-state index in [1.165, 1.54) is 0 Å². The fraction of sp³-hybridized carbons (Fsp3) is 0.368. The lowest BCUT2D eigenvalue weighted by Gasteiger charge is -2.23. The lowest BCUT2D eigenvalue weighted by atomic mass is 10.2. The highest BCUT2D eigenvalue weighted by molar-refractivity contribution is 5.30. The first-order valence-corrected chi connectivity index (χ1v) is 8.87. The number of nitrogens with two attached hydrogens (primary N) is 1.